The molecule has 0 aliphatic rings. The molecule has 0 aliphatic carbocycles. The first-order valence-electron chi connectivity index (χ1n) is 4.56. The molecule has 0 fully saturated rings. The van der Waals surface area contributed by atoms with Crippen LogP contribution in [0.25, 0.3) is 11.1 Å². The normalized spacial score (nSPS) is 10.0. The molecule has 0 spiro atoms. The number of benzene rings is 1. The molecule has 0 unspecified atom stereocenters. The van der Waals surface area contributed by atoms with Crippen molar-refractivity contribution < 1.29 is 4.74 Å². The lowest BCUT2D eigenvalue weighted by Crippen LogP contribution is -1.90. The Morgan fingerprint density at radius 1 is 1.20 bits per heavy atom. The molecule has 76 valence electrons. The Labute approximate surface area is 97.1 Å². The van der Waals surface area contributed by atoms with Crippen molar-refractivity contribution in [2.24, 2.45) is 0 Å². The van der Waals surface area contributed by atoms with E-state index in [4.69, 9.17) is 4.74 Å². The van der Waals surface area contributed by atoms with Crippen LogP contribution in [0.15, 0.2) is 47.1 Å². The molecule has 0 bridgehead atoms. The van der Waals surface area contributed by atoms with Gasteiger partial charge >= 0.3 is 0 Å². The van der Waals surface area contributed by atoms with E-state index in [0.717, 1.165) is 15.6 Å². The molecule has 0 saturated heterocycles. The fraction of sp³-hybridized carbons (Fsp3) is 0.0833. The van der Waals surface area contributed by atoms with Crippen molar-refractivity contribution in [1.82, 2.24) is 4.98 Å². The summed E-state index contributed by atoms with van der Waals surface area (Å²) in [7, 11) is 1.63. The predicted molar refractivity (Wildman–Crippen MR) is 63.9 cm³/mol. The van der Waals surface area contributed by atoms with Gasteiger partial charge < -0.3 is 4.74 Å². The maximum absolute atomic E-state index is 5.21. The zero-order chi connectivity index (χ0) is 10.7. The molecule has 0 N–H and O–H groups in total. The smallest absolute Gasteiger partial charge is 0.221 e. The Hall–Kier alpha value is -1.35. The zero-order valence-corrected chi connectivity index (χ0v) is 9.86. The molecule has 0 aliphatic heterocycles. The zero-order valence-electron chi connectivity index (χ0n) is 8.27. The molecule has 3 heteroatoms. The van der Waals surface area contributed by atoms with E-state index in [1.807, 2.05) is 36.4 Å². The van der Waals surface area contributed by atoms with Gasteiger partial charge in [0.2, 0.25) is 5.88 Å². The van der Waals surface area contributed by atoms with Crippen LogP contribution in [0.1, 0.15) is 0 Å². The van der Waals surface area contributed by atoms with Gasteiger partial charge in [-0.3, -0.25) is 0 Å². The maximum Gasteiger partial charge on any atom is 0.221 e. The molecule has 1 heterocycles. The summed E-state index contributed by atoms with van der Waals surface area (Å²) in [6.07, 6.45) is 1.72. The highest BCUT2D eigenvalue weighted by Crippen LogP contribution is 2.28. The van der Waals surface area contributed by atoms with E-state index in [1.165, 1.54) is 0 Å². The third-order valence-corrected chi connectivity index (χ3v) is 2.59. The fourth-order valence-electron chi connectivity index (χ4n) is 1.43. The molecule has 15 heavy (non-hydrogen) atoms. The van der Waals surface area contributed by atoms with Gasteiger partial charge in [-0.2, -0.15) is 0 Å². The quantitative estimate of drug-likeness (QED) is 0.827. The van der Waals surface area contributed by atoms with Gasteiger partial charge in [-0.15, -0.1) is 0 Å². The van der Waals surface area contributed by atoms with Crippen LogP contribution < -0.4 is 4.74 Å². The number of hydrogen-bond acceptors (Lipinski definition) is 2. The average molecular weight is 264 g/mol. The molecule has 1 aromatic carbocycles. The Balaban J connectivity index is 2.53. The highest BCUT2D eigenvalue weighted by molar-refractivity contribution is 9.10. The highest BCUT2D eigenvalue weighted by Gasteiger charge is 2.05. The van der Waals surface area contributed by atoms with Crippen molar-refractivity contribution in [3.05, 3.63) is 47.1 Å². The SMILES string of the molecule is COc1ncccc1-c1cccc(Br)c1. The number of ether oxygens (including phenoxy) is 1. The molecular weight excluding hydrogens is 254 g/mol. The summed E-state index contributed by atoms with van der Waals surface area (Å²) in [4.78, 5) is 4.17. The summed E-state index contributed by atoms with van der Waals surface area (Å²) >= 11 is 3.44. The summed E-state index contributed by atoms with van der Waals surface area (Å²) in [6.45, 7) is 0. The minimum absolute atomic E-state index is 0.649. The Morgan fingerprint density at radius 2 is 2.07 bits per heavy atom. The Morgan fingerprint density at radius 3 is 2.80 bits per heavy atom. The van der Waals surface area contributed by atoms with Crippen LogP contribution in [0.5, 0.6) is 5.88 Å². The number of nitrogens with zero attached hydrogens (tertiary/aromatic N) is 1. The van der Waals surface area contributed by atoms with E-state index < -0.39 is 0 Å². The molecule has 0 radical (unpaired) electrons. The topological polar surface area (TPSA) is 22.1 Å². The summed E-state index contributed by atoms with van der Waals surface area (Å²) in [5.41, 5.74) is 2.09. The van der Waals surface area contributed by atoms with Gasteiger partial charge in [0.05, 0.1) is 7.11 Å². The van der Waals surface area contributed by atoms with Crippen molar-refractivity contribution >= 4 is 15.9 Å². The molecule has 2 rings (SSSR count). The number of aromatic nitrogens is 1. The second-order valence-corrected chi connectivity index (χ2v) is 3.99. The average Bonchev–Trinajstić information content (AvgIpc) is 2.29. The number of halogens is 1. The van der Waals surface area contributed by atoms with Crippen LogP contribution in [0.4, 0.5) is 0 Å². The first-order chi connectivity index (χ1) is 7.31. The van der Waals surface area contributed by atoms with Crippen molar-refractivity contribution in [3.8, 4) is 17.0 Å². The van der Waals surface area contributed by atoms with Crippen molar-refractivity contribution in [2.45, 2.75) is 0 Å². The third kappa shape index (κ3) is 2.18. The van der Waals surface area contributed by atoms with Gasteiger partial charge in [0.15, 0.2) is 0 Å². The minimum Gasteiger partial charge on any atom is -0.481 e. The second kappa shape index (κ2) is 4.45. The summed E-state index contributed by atoms with van der Waals surface area (Å²) in [5, 5.41) is 0. The van der Waals surface area contributed by atoms with Gasteiger partial charge in [-0.25, -0.2) is 4.98 Å². The number of pyridine rings is 1. The fourth-order valence-corrected chi connectivity index (χ4v) is 1.83. The maximum atomic E-state index is 5.21. The second-order valence-electron chi connectivity index (χ2n) is 3.07. The molecule has 0 atom stereocenters. The van der Waals surface area contributed by atoms with E-state index in [9.17, 15) is 0 Å². The van der Waals surface area contributed by atoms with Crippen LogP contribution in [0.3, 0.4) is 0 Å². The lowest BCUT2D eigenvalue weighted by Gasteiger charge is -2.06. The Bertz CT molecular complexity index is 471. The van der Waals surface area contributed by atoms with Gasteiger partial charge in [-0.1, -0.05) is 28.1 Å². The molecule has 0 saturated carbocycles. The first kappa shape index (κ1) is 10.2. The van der Waals surface area contributed by atoms with E-state index in [0.29, 0.717) is 5.88 Å². The van der Waals surface area contributed by atoms with E-state index >= 15 is 0 Å². The van der Waals surface area contributed by atoms with E-state index in [-0.39, 0.29) is 0 Å². The molecule has 2 aromatic rings. The van der Waals surface area contributed by atoms with Gasteiger partial charge in [0.1, 0.15) is 0 Å². The van der Waals surface area contributed by atoms with Crippen LogP contribution in [0, 0.1) is 0 Å². The van der Waals surface area contributed by atoms with Gasteiger partial charge in [0, 0.05) is 16.2 Å². The lowest BCUT2D eigenvalue weighted by molar-refractivity contribution is 0.399. The molecular formula is C12H10BrNO. The number of methoxy groups -OCH3 is 1. The molecule has 2 nitrogen and oxygen atoms in total. The summed E-state index contributed by atoms with van der Waals surface area (Å²) in [6, 6.07) is 12.0. The first-order valence-corrected chi connectivity index (χ1v) is 5.35. The predicted octanol–water partition coefficient (Wildman–Crippen LogP) is 3.52. The van der Waals surface area contributed by atoms with Crippen LogP contribution >= 0.6 is 15.9 Å². The van der Waals surface area contributed by atoms with E-state index in [1.54, 1.807) is 13.3 Å². The summed E-state index contributed by atoms with van der Waals surface area (Å²) < 4.78 is 6.26. The number of hydrogen-bond donors (Lipinski definition) is 0. The standard InChI is InChI=1S/C12H10BrNO/c1-15-12-11(6-3-7-14-12)9-4-2-5-10(13)8-9/h2-8H,1H3. The van der Waals surface area contributed by atoms with Crippen molar-refractivity contribution in [3.63, 3.8) is 0 Å². The monoisotopic (exact) mass is 263 g/mol. The van der Waals surface area contributed by atoms with Crippen molar-refractivity contribution in [2.75, 3.05) is 7.11 Å². The molecule has 1 aromatic heterocycles. The molecule has 0 amide bonds. The number of rotatable bonds is 2. The van der Waals surface area contributed by atoms with Gasteiger partial charge in [0.25, 0.3) is 0 Å². The van der Waals surface area contributed by atoms with Gasteiger partial charge in [-0.05, 0) is 29.8 Å². The Kier molecular flexibility index (Phi) is 3.02. The van der Waals surface area contributed by atoms with Crippen LogP contribution in [-0.4, -0.2) is 12.1 Å². The highest BCUT2D eigenvalue weighted by atomic mass is 79.9. The van der Waals surface area contributed by atoms with E-state index in [2.05, 4.69) is 20.9 Å². The lowest BCUT2D eigenvalue weighted by atomic mass is 10.1. The van der Waals surface area contributed by atoms with Crippen LogP contribution in [0.2, 0.25) is 0 Å². The van der Waals surface area contributed by atoms with Crippen molar-refractivity contribution in [1.29, 1.82) is 0 Å². The van der Waals surface area contributed by atoms with Crippen LogP contribution in [-0.2, 0) is 0 Å². The summed E-state index contributed by atoms with van der Waals surface area (Å²) in [5.74, 6) is 0.649. The third-order valence-electron chi connectivity index (χ3n) is 2.10. The largest absolute Gasteiger partial charge is 0.481 e. The minimum atomic E-state index is 0.649.